The van der Waals surface area contributed by atoms with Gasteiger partial charge in [0, 0.05) is 0 Å². The summed E-state index contributed by atoms with van der Waals surface area (Å²) in [5.41, 5.74) is 2.26. The van der Waals surface area contributed by atoms with Crippen molar-refractivity contribution in [3.05, 3.63) is 23.8 Å². The number of nitrogens with zero attached hydrogens (tertiary/aromatic N) is 1. The number of carbonyl (C=O) groups is 1. The van der Waals surface area contributed by atoms with Gasteiger partial charge >= 0.3 is 0 Å². The van der Waals surface area contributed by atoms with Crippen LogP contribution in [0.3, 0.4) is 0 Å². The van der Waals surface area contributed by atoms with Crippen LogP contribution in [0.2, 0.25) is 0 Å². The van der Waals surface area contributed by atoms with E-state index in [0.29, 0.717) is 11.5 Å². The summed E-state index contributed by atoms with van der Waals surface area (Å²) in [5.74, 6) is 0.469. The highest BCUT2D eigenvalue weighted by molar-refractivity contribution is 6.03. The molecule has 0 radical (unpaired) electrons. The number of rotatable bonds is 1. The molecule has 1 aliphatic carbocycles. The molecule has 1 amide bonds. The summed E-state index contributed by atoms with van der Waals surface area (Å²) in [6, 6.07) is 7.30. The van der Waals surface area contributed by atoms with Gasteiger partial charge in [0.1, 0.15) is 6.04 Å². The normalized spacial score (nSPS) is 22.9. The van der Waals surface area contributed by atoms with E-state index in [2.05, 4.69) is 16.7 Å². The number of hydrogen-bond acceptors (Lipinski definition) is 3. The predicted molar refractivity (Wildman–Crippen MR) is 73.8 cm³/mol. The van der Waals surface area contributed by atoms with Crippen molar-refractivity contribution < 1.29 is 4.79 Å². The molecule has 2 N–H and O–H groups in total. The van der Waals surface area contributed by atoms with Gasteiger partial charge in [0.05, 0.1) is 23.0 Å². The molecule has 4 heteroatoms. The number of nitrogens with one attached hydrogen (secondary N) is 2. The van der Waals surface area contributed by atoms with Crippen LogP contribution >= 0.6 is 0 Å². The molecule has 1 heterocycles. The lowest BCUT2D eigenvalue weighted by molar-refractivity contribution is -0.118. The molecule has 0 aromatic heterocycles. The topological polar surface area (TPSA) is 64.9 Å². The summed E-state index contributed by atoms with van der Waals surface area (Å²) in [5, 5.41) is 15.2. The van der Waals surface area contributed by atoms with E-state index >= 15 is 0 Å². The second-order valence-electron chi connectivity index (χ2n) is 5.38. The van der Waals surface area contributed by atoms with E-state index in [0.717, 1.165) is 24.2 Å². The smallest absolute Gasteiger partial charge is 0.247 e. The highest BCUT2D eigenvalue weighted by atomic mass is 16.2. The van der Waals surface area contributed by atoms with E-state index in [1.54, 1.807) is 12.1 Å². The van der Waals surface area contributed by atoms with Crippen molar-refractivity contribution in [1.82, 2.24) is 0 Å². The standard InChI is InChI=1S/C15H17N3O/c16-9-10-6-7-12-13(8-10)17-14(15(19)18-12)11-4-2-1-3-5-11/h6-8,11,14,17H,1-5H2,(H,18,19). The molecule has 1 aromatic carbocycles. The average Bonchev–Trinajstić information content (AvgIpc) is 2.47. The number of amides is 1. The first-order valence-electron chi connectivity index (χ1n) is 6.89. The lowest BCUT2D eigenvalue weighted by Gasteiger charge is -2.34. The van der Waals surface area contributed by atoms with Gasteiger partial charge in [0.2, 0.25) is 5.91 Å². The Morgan fingerprint density at radius 3 is 2.68 bits per heavy atom. The van der Waals surface area contributed by atoms with Gasteiger partial charge in [-0.25, -0.2) is 0 Å². The van der Waals surface area contributed by atoms with E-state index < -0.39 is 0 Å². The lowest BCUT2D eigenvalue weighted by Crippen LogP contribution is -2.44. The monoisotopic (exact) mass is 255 g/mol. The quantitative estimate of drug-likeness (QED) is 0.811. The van der Waals surface area contributed by atoms with Crippen molar-refractivity contribution in [3.63, 3.8) is 0 Å². The van der Waals surface area contributed by atoms with Crippen molar-refractivity contribution in [2.45, 2.75) is 38.1 Å². The molecule has 4 nitrogen and oxygen atoms in total. The van der Waals surface area contributed by atoms with Gasteiger partial charge < -0.3 is 10.6 Å². The van der Waals surface area contributed by atoms with E-state index in [-0.39, 0.29) is 11.9 Å². The zero-order valence-corrected chi connectivity index (χ0v) is 10.8. The number of nitriles is 1. The molecular formula is C15H17N3O. The van der Waals surface area contributed by atoms with Crippen LogP contribution in [0, 0.1) is 17.2 Å². The van der Waals surface area contributed by atoms with Crippen LogP contribution in [-0.2, 0) is 4.79 Å². The highest BCUT2D eigenvalue weighted by Crippen LogP contribution is 2.34. The fraction of sp³-hybridized carbons (Fsp3) is 0.467. The maximum atomic E-state index is 12.2. The Bertz CT molecular complexity index is 541. The maximum absolute atomic E-state index is 12.2. The number of fused-ring (bicyclic) bond motifs is 1. The molecule has 0 spiro atoms. The number of carbonyl (C=O) groups excluding carboxylic acids is 1. The molecule has 19 heavy (non-hydrogen) atoms. The third-order valence-corrected chi connectivity index (χ3v) is 4.12. The maximum Gasteiger partial charge on any atom is 0.247 e. The second-order valence-corrected chi connectivity index (χ2v) is 5.38. The fourth-order valence-electron chi connectivity index (χ4n) is 3.09. The Hall–Kier alpha value is -2.02. The largest absolute Gasteiger partial charge is 0.372 e. The third-order valence-electron chi connectivity index (χ3n) is 4.12. The van der Waals surface area contributed by atoms with Crippen LogP contribution in [0.25, 0.3) is 0 Å². The molecule has 1 atom stereocenters. The Morgan fingerprint density at radius 1 is 1.16 bits per heavy atom. The highest BCUT2D eigenvalue weighted by Gasteiger charge is 2.33. The van der Waals surface area contributed by atoms with Crippen LogP contribution in [0.1, 0.15) is 37.7 Å². The minimum atomic E-state index is -0.151. The second kappa shape index (κ2) is 4.93. The van der Waals surface area contributed by atoms with Crippen molar-refractivity contribution in [1.29, 1.82) is 5.26 Å². The molecule has 0 saturated heterocycles. The number of benzene rings is 1. The molecule has 0 bridgehead atoms. The van der Waals surface area contributed by atoms with Crippen molar-refractivity contribution in [2.75, 3.05) is 10.6 Å². The molecule has 1 aliphatic heterocycles. The van der Waals surface area contributed by atoms with Gasteiger partial charge in [-0.2, -0.15) is 5.26 Å². The molecule has 1 saturated carbocycles. The third kappa shape index (κ3) is 2.28. The van der Waals surface area contributed by atoms with Crippen molar-refractivity contribution >= 4 is 17.3 Å². The van der Waals surface area contributed by atoms with E-state index in [1.807, 2.05) is 6.07 Å². The minimum absolute atomic E-state index is 0.0594. The van der Waals surface area contributed by atoms with E-state index in [4.69, 9.17) is 5.26 Å². The minimum Gasteiger partial charge on any atom is -0.372 e. The molecule has 1 aromatic rings. The van der Waals surface area contributed by atoms with Crippen molar-refractivity contribution in [3.8, 4) is 6.07 Å². The Labute approximate surface area is 112 Å². The van der Waals surface area contributed by atoms with Gasteiger partial charge in [-0.1, -0.05) is 19.3 Å². The Kier molecular flexibility index (Phi) is 3.12. The molecule has 98 valence electrons. The summed E-state index contributed by atoms with van der Waals surface area (Å²) in [4.78, 5) is 12.2. The molecular weight excluding hydrogens is 238 g/mol. The first-order chi connectivity index (χ1) is 9.28. The van der Waals surface area contributed by atoms with Gasteiger partial charge in [0.15, 0.2) is 0 Å². The van der Waals surface area contributed by atoms with Gasteiger partial charge in [-0.15, -0.1) is 0 Å². The molecule has 3 rings (SSSR count). The first-order valence-corrected chi connectivity index (χ1v) is 6.89. The summed E-state index contributed by atoms with van der Waals surface area (Å²) in [6.07, 6.45) is 5.92. The van der Waals surface area contributed by atoms with Crippen LogP contribution < -0.4 is 10.6 Å². The van der Waals surface area contributed by atoms with Crippen molar-refractivity contribution in [2.24, 2.45) is 5.92 Å². The predicted octanol–water partition coefficient (Wildman–Crippen LogP) is 2.87. The van der Waals surface area contributed by atoms with E-state index in [1.165, 1.54) is 19.3 Å². The molecule has 1 unspecified atom stereocenters. The van der Waals surface area contributed by atoms with Gasteiger partial charge in [-0.3, -0.25) is 4.79 Å². The van der Waals surface area contributed by atoms with Gasteiger partial charge in [0.25, 0.3) is 0 Å². The SMILES string of the molecule is N#Cc1ccc2c(c1)NC(C1CCCCC1)C(=O)N2. The molecule has 2 aliphatic rings. The number of anilines is 2. The number of hydrogen-bond donors (Lipinski definition) is 2. The van der Waals surface area contributed by atoms with Crippen LogP contribution in [-0.4, -0.2) is 11.9 Å². The van der Waals surface area contributed by atoms with Gasteiger partial charge in [-0.05, 0) is 37.0 Å². The summed E-state index contributed by atoms with van der Waals surface area (Å²) in [7, 11) is 0. The average molecular weight is 255 g/mol. The van der Waals surface area contributed by atoms with Crippen LogP contribution in [0.4, 0.5) is 11.4 Å². The zero-order valence-electron chi connectivity index (χ0n) is 10.8. The summed E-state index contributed by atoms with van der Waals surface area (Å²) in [6.45, 7) is 0. The summed E-state index contributed by atoms with van der Waals surface area (Å²) >= 11 is 0. The van der Waals surface area contributed by atoms with Crippen LogP contribution in [0.5, 0.6) is 0 Å². The zero-order chi connectivity index (χ0) is 13.2. The molecule has 1 fully saturated rings. The Morgan fingerprint density at radius 2 is 1.95 bits per heavy atom. The lowest BCUT2D eigenvalue weighted by atomic mass is 9.82. The Balaban J connectivity index is 1.85. The van der Waals surface area contributed by atoms with Crippen LogP contribution in [0.15, 0.2) is 18.2 Å². The first kappa shape index (κ1) is 12.0. The van der Waals surface area contributed by atoms with E-state index in [9.17, 15) is 4.79 Å². The fourth-order valence-corrected chi connectivity index (χ4v) is 3.09. The summed E-state index contributed by atoms with van der Waals surface area (Å²) < 4.78 is 0.